The molecule has 3 aliphatic rings. The maximum atomic E-state index is 16.8. The van der Waals surface area contributed by atoms with Crippen LogP contribution in [-0.2, 0) is 0 Å². The number of alkyl halides is 1. The highest BCUT2D eigenvalue weighted by Crippen LogP contribution is 2.47. The zero-order valence-corrected chi connectivity index (χ0v) is 25.1. The first-order valence-electron chi connectivity index (χ1n) is 15.4. The average Bonchev–Trinajstić information content (AvgIpc) is 3.64. The molecule has 0 radical (unpaired) electrons. The van der Waals surface area contributed by atoms with Crippen LogP contribution in [0.15, 0.2) is 36.4 Å². The third-order valence-electron chi connectivity index (χ3n) is 9.44. The van der Waals surface area contributed by atoms with Crippen molar-refractivity contribution >= 4 is 27.5 Å². The number of benzene rings is 3. The van der Waals surface area contributed by atoms with Crippen molar-refractivity contribution in [3.8, 4) is 35.2 Å². The van der Waals surface area contributed by atoms with E-state index in [9.17, 15) is 14.6 Å². The predicted molar refractivity (Wildman–Crippen MR) is 167 cm³/mol. The molecule has 7 nitrogen and oxygen atoms in total. The maximum Gasteiger partial charge on any atom is 0.319 e. The number of piperidine rings is 1. The van der Waals surface area contributed by atoms with Gasteiger partial charge in [-0.25, -0.2) is 13.2 Å². The predicted octanol–water partition coefficient (Wildman–Crippen LogP) is 5.97. The molecule has 7 rings (SSSR count). The number of phenols is 1. The number of likely N-dealkylation sites (tertiary alicyclic amines) is 1. The molecule has 10 heteroatoms. The number of fused-ring (bicyclic) bond motifs is 2. The fraction of sp³-hybridized carbons (Fsp3) is 0.429. The largest absolute Gasteiger partial charge is 0.508 e. The molecule has 0 amide bonds. The number of aromatic nitrogens is 2. The molecule has 0 bridgehead atoms. The summed E-state index contributed by atoms with van der Waals surface area (Å²) >= 11 is 0. The topological polar surface area (TPSA) is 82.0 Å². The van der Waals surface area contributed by atoms with Gasteiger partial charge in [0.2, 0.25) is 0 Å². The summed E-state index contributed by atoms with van der Waals surface area (Å²) in [6.07, 6.45) is 8.56. The first kappa shape index (κ1) is 29.6. The summed E-state index contributed by atoms with van der Waals surface area (Å²) in [4.78, 5) is 13.1. The quantitative estimate of drug-likeness (QED) is 0.248. The Morgan fingerprint density at radius 1 is 1.13 bits per heavy atom. The molecule has 234 valence electrons. The minimum Gasteiger partial charge on any atom is -0.508 e. The van der Waals surface area contributed by atoms with Crippen LogP contribution in [0.5, 0.6) is 11.8 Å². The molecule has 2 N–H and O–H groups in total. The monoisotopic (exact) mass is 616 g/mol. The van der Waals surface area contributed by atoms with Crippen molar-refractivity contribution in [2.75, 3.05) is 44.2 Å². The summed E-state index contributed by atoms with van der Waals surface area (Å²) in [6.45, 7) is 4.58. The summed E-state index contributed by atoms with van der Waals surface area (Å²) < 4.78 is 52.9. The number of rotatable bonds is 7. The minimum atomic E-state index is -1.01. The summed E-state index contributed by atoms with van der Waals surface area (Å²) in [5, 5.41) is 22.5. The molecule has 2 aliphatic heterocycles. The molecule has 1 aromatic heterocycles. The first-order valence-corrected chi connectivity index (χ1v) is 15.4. The summed E-state index contributed by atoms with van der Waals surface area (Å²) in [5.74, 6) is 0.886. The van der Waals surface area contributed by atoms with Gasteiger partial charge in [0.25, 0.3) is 0 Å². The number of nitrogens with zero attached hydrogens (tertiary/aromatic N) is 4. The SMILES string of the molecule is C#Cc1cccc2cc(O)cc(-c3c(F)cc4c(N5CCC[C@@](C)(O)C5)nc(OCC5(CN6CC[C@@H](F)C6)CC5)nc4c3F)c12. The van der Waals surface area contributed by atoms with E-state index in [1.54, 1.807) is 25.1 Å². The van der Waals surface area contributed by atoms with Gasteiger partial charge in [-0.3, -0.25) is 4.90 Å². The normalized spacial score (nSPS) is 23.0. The van der Waals surface area contributed by atoms with Crippen LogP contribution < -0.4 is 9.64 Å². The van der Waals surface area contributed by atoms with Crippen molar-refractivity contribution in [2.45, 2.75) is 50.8 Å². The smallest absolute Gasteiger partial charge is 0.319 e. The Kier molecular flexibility index (Phi) is 7.29. The zero-order valence-electron chi connectivity index (χ0n) is 25.1. The van der Waals surface area contributed by atoms with Crippen molar-refractivity contribution in [3.05, 3.63) is 53.6 Å². The molecule has 0 spiro atoms. The zero-order chi connectivity index (χ0) is 31.5. The average molecular weight is 617 g/mol. The molecule has 3 aromatic carbocycles. The Labute approximate surface area is 259 Å². The van der Waals surface area contributed by atoms with Crippen LogP contribution in [0.3, 0.4) is 0 Å². The molecule has 1 aliphatic carbocycles. The van der Waals surface area contributed by atoms with Crippen LogP contribution in [0, 0.1) is 29.4 Å². The van der Waals surface area contributed by atoms with E-state index in [-0.39, 0.29) is 58.2 Å². The lowest BCUT2D eigenvalue weighted by Gasteiger charge is -2.38. The fourth-order valence-electron chi connectivity index (χ4n) is 6.99. The van der Waals surface area contributed by atoms with Gasteiger partial charge in [0.1, 0.15) is 29.1 Å². The van der Waals surface area contributed by atoms with Gasteiger partial charge in [-0.2, -0.15) is 9.97 Å². The molecular formula is C35H35F3N4O3. The Balaban J connectivity index is 1.35. The second-order valence-electron chi connectivity index (χ2n) is 13.2. The minimum absolute atomic E-state index is 0.0553. The van der Waals surface area contributed by atoms with Crippen LogP contribution in [0.1, 0.15) is 44.6 Å². The Hall–Kier alpha value is -4.07. The van der Waals surface area contributed by atoms with E-state index in [2.05, 4.69) is 20.8 Å². The molecule has 45 heavy (non-hydrogen) atoms. The van der Waals surface area contributed by atoms with Crippen LogP contribution >= 0.6 is 0 Å². The van der Waals surface area contributed by atoms with Gasteiger partial charge in [-0.15, -0.1) is 6.42 Å². The van der Waals surface area contributed by atoms with Crippen molar-refractivity contribution < 1.29 is 28.1 Å². The molecule has 2 atom stereocenters. The number of aromatic hydroxyl groups is 1. The number of β-amino-alcohol motifs (C(OH)–C–C–N with tert-alkyl or cyclic N) is 1. The molecule has 3 heterocycles. The van der Waals surface area contributed by atoms with E-state index in [0.29, 0.717) is 61.8 Å². The number of phenolic OH excluding ortho intramolecular Hbond substituents is 1. The molecule has 4 aromatic rings. The van der Waals surface area contributed by atoms with Crippen LogP contribution in [0.25, 0.3) is 32.8 Å². The second kappa shape index (κ2) is 11.1. The number of aliphatic hydroxyl groups is 1. The molecule has 3 fully saturated rings. The lowest BCUT2D eigenvalue weighted by atomic mass is 9.92. The maximum absolute atomic E-state index is 16.8. The van der Waals surface area contributed by atoms with Crippen molar-refractivity contribution in [3.63, 3.8) is 0 Å². The highest BCUT2D eigenvalue weighted by atomic mass is 19.1. The number of ether oxygens (including phenoxy) is 1. The summed E-state index contributed by atoms with van der Waals surface area (Å²) in [5.41, 5.74) is -1.15. The van der Waals surface area contributed by atoms with Gasteiger partial charge in [0.05, 0.1) is 17.8 Å². The third-order valence-corrected chi connectivity index (χ3v) is 9.44. The molecule has 2 saturated heterocycles. The van der Waals surface area contributed by atoms with Crippen LogP contribution in [-0.4, -0.2) is 76.2 Å². The summed E-state index contributed by atoms with van der Waals surface area (Å²) in [7, 11) is 0. The highest BCUT2D eigenvalue weighted by Gasteiger charge is 2.46. The van der Waals surface area contributed by atoms with Gasteiger partial charge < -0.3 is 19.8 Å². The number of hydrogen-bond donors (Lipinski definition) is 2. The van der Waals surface area contributed by atoms with Crippen LogP contribution in [0.2, 0.25) is 0 Å². The Bertz CT molecular complexity index is 1850. The van der Waals surface area contributed by atoms with E-state index < -0.39 is 23.4 Å². The fourth-order valence-corrected chi connectivity index (χ4v) is 6.99. The Morgan fingerprint density at radius 3 is 2.67 bits per heavy atom. The number of halogens is 3. The first-order chi connectivity index (χ1) is 21.5. The lowest BCUT2D eigenvalue weighted by molar-refractivity contribution is 0.0447. The van der Waals surface area contributed by atoms with Crippen LogP contribution in [0.4, 0.5) is 19.0 Å². The Morgan fingerprint density at radius 2 is 1.96 bits per heavy atom. The van der Waals surface area contributed by atoms with E-state index in [1.807, 2.05) is 4.90 Å². The molecule has 0 unspecified atom stereocenters. The van der Waals surface area contributed by atoms with Gasteiger partial charge in [0, 0.05) is 60.0 Å². The van der Waals surface area contributed by atoms with Gasteiger partial charge in [-0.05, 0) is 68.7 Å². The van der Waals surface area contributed by atoms with Crippen molar-refractivity contribution in [2.24, 2.45) is 5.41 Å². The van der Waals surface area contributed by atoms with Gasteiger partial charge >= 0.3 is 6.01 Å². The molecule has 1 saturated carbocycles. The van der Waals surface area contributed by atoms with Gasteiger partial charge in [-0.1, -0.05) is 18.1 Å². The van der Waals surface area contributed by atoms with E-state index in [4.69, 9.17) is 11.2 Å². The number of hydrogen-bond acceptors (Lipinski definition) is 7. The van der Waals surface area contributed by atoms with Crippen molar-refractivity contribution in [1.29, 1.82) is 0 Å². The van der Waals surface area contributed by atoms with Gasteiger partial charge in [0.15, 0.2) is 5.82 Å². The highest BCUT2D eigenvalue weighted by molar-refractivity contribution is 6.04. The van der Waals surface area contributed by atoms with E-state index >= 15 is 8.78 Å². The van der Waals surface area contributed by atoms with Crippen molar-refractivity contribution in [1.82, 2.24) is 14.9 Å². The lowest BCUT2D eigenvalue weighted by Crippen LogP contribution is -2.46. The molecular weight excluding hydrogens is 581 g/mol. The third kappa shape index (κ3) is 5.64. The second-order valence-corrected chi connectivity index (χ2v) is 13.2. The van der Waals surface area contributed by atoms with E-state index in [1.165, 1.54) is 18.2 Å². The van der Waals surface area contributed by atoms with E-state index in [0.717, 1.165) is 12.8 Å². The number of anilines is 1. The standard InChI is InChI=1S/C35H35F3N4O3/c1-3-21-6-4-7-22-14-24(43)15-25(28(21)22)29-27(37)16-26-31(30(29)38)39-33(40-32(26)42-12-5-9-34(2,44)18-42)45-20-35(10-11-35)19-41-13-8-23(36)17-41/h1,4,6-7,14-16,23,43-44H,5,8-13,17-20H2,2H3/t23-,34-/m1/s1. The summed E-state index contributed by atoms with van der Waals surface area (Å²) in [6, 6.07) is 9.06. The number of terminal acetylenes is 1.